The molecule has 1 aliphatic heterocycles. The summed E-state index contributed by atoms with van der Waals surface area (Å²) >= 11 is 1.39. The van der Waals surface area contributed by atoms with Gasteiger partial charge in [-0.1, -0.05) is 0 Å². The van der Waals surface area contributed by atoms with E-state index in [-0.39, 0.29) is 24.8 Å². The molecule has 0 bridgehead atoms. The summed E-state index contributed by atoms with van der Waals surface area (Å²) in [7, 11) is 0. The zero-order valence-corrected chi connectivity index (χ0v) is 7.31. The van der Waals surface area contributed by atoms with Gasteiger partial charge in [0.2, 0.25) is 0 Å². The lowest BCUT2D eigenvalue weighted by atomic mass is 10.3. The van der Waals surface area contributed by atoms with Crippen LogP contribution in [0.25, 0.3) is 0 Å². The van der Waals surface area contributed by atoms with E-state index in [4.69, 9.17) is 5.11 Å². The lowest BCUT2D eigenvalue weighted by Gasteiger charge is -1.84. The number of carboxylic acids is 1. The van der Waals surface area contributed by atoms with Crippen molar-refractivity contribution in [3.8, 4) is 0 Å². The van der Waals surface area contributed by atoms with E-state index in [9.17, 15) is 4.79 Å². The quantitative estimate of drug-likeness (QED) is 0.627. The molecule has 0 aliphatic carbocycles. The van der Waals surface area contributed by atoms with Crippen molar-refractivity contribution in [3.05, 3.63) is 11.8 Å². The second-order valence-electron chi connectivity index (χ2n) is 1.38. The normalized spacial score (nSPS) is 13.8. The van der Waals surface area contributed by atoms with Crippen LogP contribution in [-0.2, 0) is 4.79 Å². The molecule has 10 heavy (non-hydrogen) atoms. The van der Waals surface area contributed by atoms with Gasteiger partial charge in [0, 0.05) is 12.0 Å². The fourth-order valence-electron chi connectivity index (χ4n) is 0.397. The minimum Gasteiger partial charge on any atom is -0.478 e. The molecule has 2 N–H and O–H groups in total. The number of rotatable bonds is 1. The summed E-state index contributed by atoms with van der Waals surface area (Å²) in [5, 5.41) is 8.29. The van der Waals surface area contributed by atoms with Crippen molar-refractivity contribution in [1.82, 2.24) is 4.72 Å². The van der Waals surface area contributed by atoms with E-state index in [0.29, 0.717) is 11.3 Å². The molecule has 0 saturated heterocycles. The van der Waals surface area contributed by atoms with E-state index < -0.39 is 5.97 Å². The topological polar surface area (TPSA) is 49.3 Å². The highest BCUT2D eigenvalue weighted by atomic mass is 35.5. The van der Waals surface area contributed by atoms with Gasteiger partial charge in [0.1, 0.15) is 0 Å². The van der Waals surface area contributed by atoms with Crippen molar-refractivity contribution in [2.75, 3.05) is 5.75 Å². The molecular weight excluding hydrogens is 197 g/mol. The van der Waals surface area contributed by atoms with E-state index in [0.717, 1.165) is 0 Å². The second-order valence-corrected chi connectivity index (χ2v) is 2.19. The van der Waals surface area contributed by atoms with Gasteiger partial charge in [-0.2, -0.15) is 0 Å². The van der Waals surface area contributed by atoms with Gasteiger partial charge in [-0.15, -0.1) is 24.8 Å². The Morgan fingerprint density at radius 2 is 2.30 bits per heavy atom. The Bertz CT molecular complexity index is 150. The van der Waals surface area contributed by atoms with E-state index in [1.165, 1.54) is 18.1 Å². The molecule has 3 nitrogen and oxygen atoms in total. The molecule has 1 aliphatic rings. The Labute approximate surface area is 75.2 Å². The van der Waals surface area contributed by atoms with Crippen LogP contribution in [0.1, 0.15) is 0 Å². The van der Waals surface area contributed by atoms with E-state index in [1.54, 1.807) is 0 Å². The molecule has 1 heterocycles. The molecule has 0 atom stereocenters. The zero-order chi connectivity index (χ0) is 5.98. The molecular formula is C4H7Cl2NO2S. The Hall–Kier alpha value is -0.0600. The average molecular weight is 204 g/mol. The number of halogens is 2. The van der Waals surface area contributed by atoms with Crippen molar-refractivity contribution in [2.45, 2.75) is 0 Å². The number of hydrogen-bond acceptors (Lipinski definition) is 3. The monoisotopic (exact) mass is 203 g/mol. The first-order valence-electron chi connectivity index (χ1n) is 2.10. The van der Waals surface area contributed by atoms with Crippen LogP contribution < -0.4 is 4.72 Å². The summed E-state index contributed by atoms with van der Waals surface area (Å²) in [6.07, 6.45) is 1.51. The smallest absolute Gasteiger partial charge is 0.333 e. The van der Waals surface area contributed by atoms with Crippen molar-refractivity contribution < 1.29 is 9.90 Å². The minimum absolute atomic E-state index is 0. The van der Waals surface area contributed by atoms with E-state index in [1.807, 2.05) is 0 Å². The molecule has 0 aromatic rings. The first kappa shape index (κ1) is 12.6. The summed E-state index contributed by atoms with van der Waals surface area (Å²) in [6, 6.07) is 0. The number of carboxylic acid groups (broad SMARTS) is 1. The van der Waals surface area contributed by atoms with Crippen molar-refractivity contribution in [1.29, 1.82) is 0 Å². The van der Waals surface area contributed by atoms with Gasteiger partial charge in [-0.3, -0.25) is 0 Å². The Morgan fingerprint density at radius 1 is 1.70 bits per heavy atom. The van der Waals surface area contributed by atoms with Gasteiger partial charge in [0.15, 0.2) is 0 Å². The summed E-state index contributed by atoms with van der Waals surface area (Å²) in [5.74, 6) is -0.266. The second kappa shape index (κ2) is 5.70. The molecule has 0 spiro atoms. The van der Waals surface area contributed by atoms with Gasteiger partial charge in [0.25, 0.3) is 0 Å². The molecule has 0 aromatic heterocycles. The van der Waals surface area contributed by atoms with Crippen LogP contribution >= 0.6 is 36.8 Å². The number of carbonyl (C=O) groups is 1. The van der Waals surface area contributed by atoms with Crippen LogP contribution in [0.2, 0.25) is 0 Å². The van der Waals surface area contributed by atoms with E-state index in [2.05, 4.69) is 4.72 Å². The molecule has 0 fully saturated rings. The third kappa shape index (κ3) is 3.20. The van der Waals surface area contributed by atoms with Crippen LogP contribution in [0.4, 0.5) is 0 Å². The van der Waals surface area contributed by atoms with Crippen LogP contribution in [-0.4, -0.2) is 16.8 Å². The summed E-state index contributed by atoms with van der Waals surface area (Å²) in [4.78, 5) is 10.1. The summed E-state index contributed by atoms with van der Waals surface area (Å²) in [5.41, 5.74) is 0.440. The predicted octanol–water partition coefficient (Wildman–Crippen LogP) is 1.05. The highest BCUT2D eigenvalue weighted by Gasteiger charge is 2.10. The average Bonchev–Trinajstić information content (AvgIpc) is 2.12. The van der Waals surface area contributed by atoms with Gasteiger partial charge in [-0.05, 0) is 11.9 Å². The maximum atomic E-state index is 10.1. The third-order valence-corrected chi connectivity index (χ3v) is 1.56. The largest absolute Gasteiger partial charge is 0.478 e. The molecule has 60 valence electrons. The molecule has 6 heteroatoms. The molecule has 0 aromatic carbocycles. The molecule has 1 rings (SSSR count). The van der Waals surface area contributed by atoms with Crippen LogP contribution in [0, 0.1) is 0 Å². The zero-order valence-electron chi connectivity index (χ0n) is 4.86. The van der Waals surface area contributed by atoms with Crippen LogP contribution in [0.15, 0.2) is 11.8 Å². The fraction of sp³-hybridized carbons (Fsp3) is 0.250. The fourth-order valence-corrected chi connectivity index (χ4v) is 1.07. The van der Waals surface area contributed by atoms with Crippen molar-refractivity contribution >= 4 is 42.7 Å². The maximum absolute atomic E-state index is 10.1. The molecule has 0 radical (unpaired) electrons. The lowest BCUT2D eigenvalue weighted by molar-refractivity contribution is -0.132. The first-order chi connectivity index (χ1) is 3.80. The van der Waals surface area contributed by atoms with Crippen LogP contribution in [0.3, 0.4) is 0 Å². The number of hydrogen-bond donors (Lipinski definition) is 2. The molecule has 0 unspecified atom stereocenters. The van der Waals surface area contributed by atoms with Gasteiger partial charge in [0.05, 0.1) is 5.57 Å². The molecule has 0 saturated carbocycles. The predicted molar refractivity (Wildman–Crippen MR) is 45.8 cm³/mol. The highest BCUT2D eigenvalue weighted by Crippen LogP contribution is 2.10. The Balaban J connectivity index is 0. The summed E-state index contributed by atoms with van der Waals surface area (Å²) in [6.45, 7) is 0. The van der Waals surface area contributed by atoms with E-state index >= 15 is 0 Å². The van der Waals surface area contributed by atoms with Gasteiger partial charge >= 0.3 is 5.97 Å². The number of aliphatic carboxylic acids is 1. The Morgan fingerprint density at radius 3 is 2.50 bits per heavy atom. The minimum atomic E-state index is -0.831. The Kier molecular flexibility index (Phi) is 7.19. The van der Waals surface area contributed by atoms with Crippen molar-refractivity contribution in [2.24, 2.45) is 0 Å². The maximum Gasteiger partial charge on any atom is 0.333 e. The third-order valence-electron chi connectivity index (χ3n) is 0.819. The highest BCUT2D eigenvalue weighted by molar-refractivity contribution is 7.97. The first-order valence-corrected chi connectivity index (χ1v) is 3.09. The van der Waals surface area contributed by atoms with Gasteiger partial charge < -0.3 is 9.83 Å². The van der Waals surface area contributed by atoms with Crippen molar-refractivity contribution in [3.63, 3.8) is 0 Å². The van der Waals surface area contributed by atoms with Crippen LogP contribution in [0.5, 0.6) is 0 Å². The standard InChI is InChI=1S/C4H5NO2S.2ClH/c6-4(7)3-1-5-8-2-3;;/h1,5H,2H2,(H,6,7);2*1H. The lowest BCUT2D eigenvalue weighted by Crippen LogP contribution is -1.98. The summed E-state index contributed by atoms with van der Waals surface area (Å²) < 4.78 is 2.73. The SMILES string of the molecule is Cl.Cl.O=C(O)C1=CNSC1. The molecule has 0 amide bonds. The van der Waals surface area contributed by atoms with Gasteiger partial charge in [-0.25, -0.2) is 4.79 Å². The number of nitrogens with one attached hydrogen (secondary N) is 1.